The molecule has 3 rings (SSSR count). The van der Waals surface area contributed by atoms with Crippen LogP contribution in [0, 0.1) is 29.6 Å². The number of ether oxygens (including phenoxy) is 7. The first-order valence-electron chi connectivity index (χ1n) is 23.6. The first-order valence-corrected chi connectivity index (χ1v) is 23.6. The summed E-state index contributed by atoms with van der Waals surface area (Å²) in [5.74, 6) is -6.39. The zero-order chi connectivity index (χ0) is 52.8. The summed E-state index contributed by atoms with van der Waals surface area (Å²) in [4.78, 5) is 98.9. The van der Waals surface area contributed by atoms with Crippen molar-refractivity contribution in [3.05, 3.63) is 54.6 Å². The third-order valence-corrected chi connectivity index (χ3v) is 12.3. The first-order chi connectivity index (χ1) is 33.7. The molecule has 2 aromatic heterocycles. The third-order valence-electron chi connectivity index (χ3n) is 12.3. The predicted molar refractivity (Wildman–Crippen MR) is 254 cm³/mol. The molecule has 21 heteroatoms. The fraction of sp³-hybridized carbons (Fsp3) is 0.620. The molecule has 12 atom stereocenters. The van der Waals surface area contributed by atoms with Gasteiger partial charge in [-0.25, -0.2) is 14.8 Å². The van der Waals surface area contributed by atoms with Gasteiger partial charge in [0.05, 0.1) is 31.3 Å². The number of esters is 3. The van der Waals surface area contributed by atoms with Crippen molar-refractivity contribution in [3.8, 4) is 11.6 Å². The molecule has 1 aliphatic rings. The van der Waals surface area contributed by atoms with Crippen LogP contribution in [0.3, 0.4) is 0 Å². The minimum atomic E-state index is -1.23. The molecule has 0 aromatic carbocycles. The van der Waals surface area contributed by atoms with Gasteiger partial charge < -0.3 is 52.0 Å². The summed E-state index contributed by atoms with van der Waals surface area (Å²) in [6.45, 7) is 10.1. The third kappa shape index (κ3) is 19.3. The van der Waals surface area contributed by atoms with Gasteiger partial charge in [0.15, 0.2) is 23.3 Å². The Morgan fingerprint density at radius 2 is 1.62 bits per heavy atom. The Kier molecular flexibility index (Phi) is 25.2. The van der Waals surface area contributed by atoms with E-state index in [0.29, 0.717) is 19.3 Å². The number of hydrogen-bond donors (Lipinski definition) is 2. The van der Waals surface area contributed by atoms with Crippen molar-refractivity contribution >= 4 is 48.0 Å². The highest BCUT2D eigenvalue weighted by atomic mass is 16.6. The molecule has 2 N–H and O–H groups in total. The Morgan fingerprint density at radius 1 is 0.915 bits per heavy atom. The molecule has 12 unspecified atom stereocenters. The van der Waals surface area contributed by atoms with E-state index in [-0.39, 0.29) is 61.4 Å². The second-order valence-electron chi connectivity index (χ2n) is 17.9. The van der Waals surface area contributed by atoms with Crippen LogP contribution >= 0.6 is 0 Å². The molecule has 0 saturated carbocycles. The molecule has 0 aliphatic carbocycles. The van der Waals surface area contributed by atoms with Gasteiger partial charge in [-0.1, -0.05) is 52.8 Å². The highest BCUT2D eigenvalue weighted by Crippen LogP contribution is 2.32. The lowest BCUT2D eigenvalue weighted by molar-refractivity contribution is -0.173. The van der Waals surface area contributed by atoms with Gasteiger partial charge in [0.25, 0.3) is 5.91 Å². The van der Waals surface area contributed by atoms with Gasteiger partial charge in [-0.2, -0.15) is 0 Å². The van der Waals surface area contributed by atoms with Gasteiger partial charge in [-0.05, 0) is 43.8 Å². The summed E-state index contributed by atoms with van der Waals surface area (Å²) in [6.07, 6.45) is 6.89. The summed E-state index contributed by atoms with van der Waals surface area (Å²) in [6, 6.07) is 0. The topological polar surface area (TPSA) is 272 Å². The number of methoxy groups -OCH3 is 4. The standard InChI is InChI=1S/C50H72N4O17/c1-29(18-19-40(71-50(62)43(66-11)27-63-8)33(5)46(69-34(6)56)30(2)20-21-54(7)28-55)41(65-10)24-42-32(4)39(64-9)16-13-17-44-51-38(26-67-44)49-52-37(25-68-49)48(61)53-47(60)31(3)22-35(57)14-12-15-36(58)23-45(59)70-42/h12-14,17,20-21,25-26,28-33,36,39-43,46,58H,15-16,18-19,22-24,27H2,1-11H3,(H,53,60,61)/b14-12+,17-13-,21-20+. The van der Waals surface area contributed by atoms with Crippen molar-refractivity contribution in [1.29, 1.82) is 0 Å². The van der Waals surface area contributed by atoms with Crippen molar-refractivity contribution < 1.29 is 80.7 Å². The van der Waals surface area contributed by atoms with Crippen LogP contribution in [0.15, 0.2) is 51.9 Å². The van der Waals surface area contributed by atoms with Crippen LogP contribution in [-0.2, 0) is 61.9 Å². The SMILES string of the molecule is COCC(OC)C(=O)OC(CCC(C)C(CC1OC(=O)CC(O)C/C=C/C(=O)CC(C)C(=O)NC(=O)c2coc(n2)-c2coc(n2)/C=C\CC(OC)C1C)OC)C(C)C(OC(C)=O)C(C)/C=C/N(C)C=O. The first kappa shape index (κ1) is 59.4. The number of aliphatic hydroxyl groups is 1. The van der Waals surface area contributed by atoms with E-state index >= 15 is 0 Å². The number of aliphatic hydroxyl groups excluding tert-OH is 1. The quantitative estimate of drug-likeness (QED) is 0.0759. The molecule has 0 spiro atoms. The molecule has 0 radical (unpaired) electrons. The molecule has 2 aromatic rings. The number of amides is 3. The zero-order valence-electron chi connectivity index (χ0n) is 42.6. The van der Waals surface area contributed by atoms with E-state index in [1.165, 1.54) is 65.6 Å². The number of allylic oxidation sites excluding steroid dienone is 1. The molecule has 21 nitrogen and oxygen atoms in total. The Labute approximate surface area is 415 Å². The Hall–Kier alpha value is -5.87. The lowest BCUT2D eigenvalue weighted by Crippen LogP contribution is -2.42. The number of hydrogen-bond acceptors (Lipinski definition) is 19. The van der Waals surface area contributed by atoms with Crippen LogP contribution in [0.25, 0.3) is 17.7 Å². The number of fused-ring (bicyclic) bond motifs is 5. The Balaban J connectivity index is 1.95. The molecule has 0 saturated heterocycles. The molecule has 0 fully saturated rings. The summed E-state index contributed by atoms with van der Waals surface area (Å²) < 4.78 is 51.6. The lowest BCUT2D eigenvalue weighted by Gasteiger charge is -2.35. The normalized spacial score (nSPS) is 23.9. The minimum Gasteiger partial charge on any atom is -0.462 e. The van der Waals surface area contributed by atoms with E-state index in [1.807, 2.05) is 27.7 Å². The van der Waals surface area contributed by atoms with Crippen molar-refractivity contribution in [3.63, 3.8) is 0 Å². The maximum Gasteiger partial charge on any atom is 0.337 e. The molecule has 3 heterocycles. The number of nitrogens with one attached hydrogen (secondary N) is 1. The van der Waals surface area contributed by atoms with E-state index in [9.17, 15) is 38.7 Å². The van der Waals surface area contributed by atoms with E-state index in [1.54, 1.807) is 31.5 Å². The maximum absolute atomic E-state index is 13.6. The van der Waals surface area contributed by atoms with E-state index in [4.69, 9.17) is 42.0 Å². The number of ketones is 1. The maximum atomic E-state index is 13.6. The largest absolute Gasteiger partial charge is 0.462 e. The summed E-state index contributed by atoms with van der Waals surface area (Å²) in [5, 5.41) is 13.1. The van der Waals surface area contributed by atoms with Crippen molar-refractivity contribution in [2.45, 2.75) is 129 Å². The van der Waals surface area contributed by atoms with Gasteiger partial charge in [0, 0.05) is 85.1 Å². The van der Waals surface area contributed by atoms with Gasteiger partial charge in [-0.15, -0.1) is 0 Å². The van der Waals surface area contributed by atoms with Crippen LogP contribution in [0.4, 0.5) is 0 Å². The smallest absolute Gasteiger partial charge is 0.337 e. The van der Waals surface area contributed by atoms with E-state index in [0.717, 1.165) is 6.26 Å². The highest BCUT2D eigenvalue weighted by molar-refractivity contribution is 6.05. The van der Waals surface area contributed by atoms with E-state index < -0.39 is 108 Å². The number of cyclic esters (lactones) is 1. The van der Waals surface area contributed by atoms with Crippen LogP contribution in [0.2, 0.25) is 0 Å². The van der Waals surface area contributed by atoms with Crippen LogP contribution in [0.5, 0.6) is 0 Å². The Morgan fingerprint density at radius 3 is 2.27 bits per heavy atom. The number of oxazole rings is 2. The van der Waals surface area contributed by atoms with Crippen molar-refractivity contribution in [1.82, 2.24) is 20.2 Å². The van der Waals surface area contributed by atoms with Gasteiger partial charge in [0.1, 0.15) is 30.8 Å². The predicted octanol–water partition coefficient (Wildman–Crippen LogP) is 5.06. The highest BCUT2D eigenvalue weighted by Gasteiger charge is 2.38. The monoisotopic (exact) mass is 1000 g/mol. The molecule has 394 valence electrons. The van der Waals surface area contributed by atoms with Crippen molar-refractivity contribution in [2.24, 2.45) is 29.6 Å². The molecule has 3 amide bonds. The average molecular weight is 1000 g/mol. The fourth-order valence-electron chi connectivity index (χ4n) is 7.96. The molecule has 4 bridgehead atoms. The number of imide groups is 1. The Bertz CT molecular complexity index is 2130. The van der Waals surface area contributed by atoms with Gasteiger partial charge >= 0.3 is 17.9 Å². The molecule has 71 heavy (non-hydrogen) atoms. The van der Waals surface area contributed by atoms with Crippen LogP contribution in [0.1, 0.15) is 103 Å². The summed E-state index contributed by atoms with van der Waals surface area (Å²) >= 11 is 0. The number of nitrogens with zero attached hydrogens (tertiary/aromatic N) is 3. The number of aromatic nitrogens is 2. The van der Waals surface area contributed by atoms with Crippen molar-refractivity contribution in [2.75, 3.05) is 42.1 Å². The van der Waals surface area contributed by atoms with E-state index in [2.05, 4.69) is 15.3 Å². The number of carbonyl (C=O) groups is 7. The summed E-state index contributed by atoms with van der Waals surface area (Å²) in [5.41, 5.74) is -0.0143. The fourth-order valence-corrected chi connectivity index (χ4v) is 7.96. The second kappa shape index (κ2) is 30.1. The zero-order valence-corrected chi connectivity index (χ0v) is 42.6. The molecule has 1 aliphatic heterocycles. The van der Waals surface area contributed by atoms with Crippen LogP contribution < -0.4 is 5.32 Å². The minimum absolute atomic E-state index is 0.0382. The van der Waals surface area contributed by atoms with Crippen LogP contribution in [-0.4, -0.2) is 147 Å². The van der Waals surface area contributed by atoms with Gasteiger partial charge in [0.2, 0.25) is 24.1 Å². The number of rotatable bonds is 20. The second-order valence-corrected chi connectivity index (χ2v) is 17.9. The number of carbonyl (C=O) groups excluding carboxylic acids is 7. The van der Waals surface area contributed by atoms with Gasteiger partial charge in [-0.3, -0.25) is 34.1 Å². The molecular weight excluding hydrogens is 929 g/mol. The average Bonchev–Trinajstić information content (AvgIpc) is 4.03. The lowest BCUT2D eigenvalue weighted by atomic mass is 9.83. The summed E-state index contributed by atoms with van der Waals surface area (Å²) in [7, 11) is 7.42. The molecular formula is C50H72N4O17.